The minimum Gasteiger partial charge on any atom is -0.388 e. The summed E-state index contributed by atoms with van der Waals surface area (Å²) < 4.78 is 2.35. The molecule has 3 N–H and O–H groups in total. The van der Waals surface area contributed by atoms with Gasteiger partial charge in [-0.2, -0.15) is 0 Å². The quantitative estimate of drug-likeness (QED) is 0.847. The molecule has 1 atom stereocenters. The molecule has 3 rings (SSSR count). The lowest BCUT2D eigenvalue weighted by atomic mass is 10.0. The van der Waals surface area contributed by atoms with Crippen molar-refractivity contribution in [1.29, 1.82) is 0 Å². The Labute approximate surface area is 101 Å². The third kappa shape index (κ3) is 1.58. The molecule has 1 unspecified atom stereocenters. The van der Waals surface area contributed by atoms with Crippen LogP contribution >= 0.6 is 0 Å². The molecule has 2 aromatic rings. The Bertz CT molecular complexity index is 544. The molecule has 1 aliphatic rings. The lowest BCUT2D eigenvalue weighted by Gasteiger charge is -2.10. The van der Waals surface area contributed by atoms with E-state index < -0.39 is 6.10 Å². The summed E-state index contributed by atoms with van der Waals surface area (Å²) in [7, 11) is 0. The Balaban J connectivity index is 2.22. The number of fused-ring (bicyclic) bond motifs is 3. The molecule has 3 heteroatoms. The maximum Gasteiger partial charge on any atom is 0.0825 e. The monoisotopic (exact) mass is 230 g/mol. The van der Waals surface area contributed by atoms with Crippen molar-refractivity contribution >= 4 is 10.9 Å². The average molecular weight is 230 g/mol. The predicted molar refractivity (Wildman–Crippen MR) is 68.9 cm³/mol. The number of aliphatic hydroxyl groups excluding tert-OH is 1. The fraction of sp³-hybridized carbons (Fsp3) is 0.429. The molecule has 0 bridgehead atoms. The molecule has 0 spiro atoms. The van der Waals surface area contributed by atoms with Crippen LogP contribution in [0.1, 0.15) is 30.2 Å². The molecule has 1 aromatic heterocycles. The molecule has 0 fully saturated rings. The van der Waals surface area contributed by atoms with Crippen LogP contribution in [-0.4, -0.2) is 16.2 Å². The maximum absolute atomic E-state index is 10.3. The standard InChI is InChI=1S/C14H18N2O/c15-8-7-13(17)14-10-4-1-2-5-11(10)16-9-3-6-12(14)16/h1-2,4-5,13,17H,3,6-9,15H2. The van der Waals surface area contributed by atoms with Gasteiger partial charge in [0.15, 0.2) is 0 Å². The first-order valence-corrected chi connectivity index (χ1v) is 6.31. The number of benzene rings is 1. The summed E-state index contributed by atoms with van der Waals surface area (Å²) in [6, 6.07) is 8.35. The van der Waals surface area contributed by atoms with Gasteiger partial charge in [0.25, 0.3) is 0 Å². The van der Waals surface area contributed by atoms with Gasteiger partial charge in [0.1, 0.15) is 0 Å². The fourth-order valence-corrected chi connectivity index (χ4v) is 2.99. The van der Waals surface area contributed by atoms with E-state index in [0.717, 1.165) is 18.5 Å². The maximum atomic E-state index is 10.3. The second kappa shape index (κ2) is 4.17. The van der Waals surface area contributed by atoms with Gasteiger partial charge in [0.2, 0.25) is 0 Å². The van der Waals surface area contributed by atoms with Crippen LogP contribution in [0.15, 0.2) is 24.3 Å². The van der Waals surface area contributed by atoms with Gasteiger partial charge in [-0.1, -0.05) is 18.2 Å². The summed E-state index contributed by atoms with van der Waals surface area (Å²) >= 11 is 0. The Morgan fingerprint density at radius 1 is 1.35 bits per heavy atom. The van der Waals surface area contributed by atoms with Crippen LogP contribution in [0.2, 0.25) is 0 Å². The van der Waals surface area contributed by atoms with Gasteiger partial charge in [-0.3, -0.25) is 0 Å². The minimum absolute atomic E-state index is 0.417. The van der Waals surface area contributed by atoms with Crippen molar-refractivity contribution in [2.75, 3.05) is 6.54 Å². The highest BCUT2D eigenvalue weighted by Gasteiger charge is 2.24. The van der Waals surface area contributed by atoms with Gasteiger partial charge in [-0.25, -0.2) is 0 Å². The summed E-state index contributed by atoms with van der Waals surface area (Å²) in [5.41, 5.74) is 9.24. The summed E-state index contributed by atoms with van der Waals surface area (Å²) in [6.45, 7) is 1.60. The second-order valence-electron chi connectivity index (χ2n) is 4.73. The summed E-state index contributed by atoms with van der Waals surface area (Å²) in [5.74, 6) is 0. The number of hydrogen-bond acceptors (Lipinski definition) is 2. The molecular weight excluding hydrogens is 212 g/mol. The third-order valence-electron chi connectivity index (χ3n) is 3.69. The number of nitrogens with zero attached hydrogens (tertiary/aromatic N) is 1. The lowest BCUT2D eigenvalue weighted by Crippen LogP contribution is -2.08. The first-order chi connectivity index (χ1) is 8.33. The van der Waals surface area contributed by atoms with E-state index in [-0.39, 0.29) is 0 Å². The van der Waals surface area contributed by atoms with Gasteiger partial charge in [-0.05, 0) is 31.9 Å². The molecule has 90 valence electrons. The molecule has 0 saturated carbocycles. The molecule has 3 nitrogen and oxygen atoms in total. The predicted octanol–water partition coefficient (Wildman–Crippen LogP) is 1.97. The zero-order valence-corrected chi connectivity index (χ0v) is 9.89. The van der Waals surface area contributed by atoms with E-state index in [1.165, 1.54) is 23.0 Å². The van der Waals surface area contributed by atoms with E-state index in [1.54, 1.807) is 0 Å². The van der Waals surface area contributed by atoms with Crippen molar-refractivity contribution < 1.29 is 5.11 Å². The van der Waals surface area contributed by atoms with Crippen LogP contribution in [-0.2, 0) is 13.0 Å². The Hall–Kier alpha value is -1.32. The van der Waals surface area contributed by atoms with Crippen molar-refractivity contribution in [3.8, 4) is 0 Å². The molecule has 0 amide bonds. The first kappa shape index (κ1) is 10.8. The number of para-hydroxylation sites is 1. The molecule has 2 heterocycles. The average Bonchev–Trinajstić information content (AvgIpc) is 2.88. The SMILES string of the molecule is NCCC(O)c1c2n(c3ccccc13)CCC2. The van der Waals surface area contributed by atoms with E-state index in [9.17, 15) is 5.11 Å². The molecule has 0 aliphatic carbocycles. The Morgan fingerprint density at radius 2 is 2.18 bits per heavy atom. The van der Waals surface area contributed by atoms with Crippen LogP contribution in [0, 0.1) is 0 Å². The van der Waals surface area contributed by atoms with Crippen molar-refractivity contribution in [2.24, 2.45) is 5.73 Å². The molecule has 17 heavy (non-hydrogen) atoms. The van der Waals surface area contributed by atoms with Gasteiger partial charge in [0, 0.05) is 28.7 Å². The highest BCUT2D eigenvalue weighted by Crippen LogP contribution is 2.36. The molecule has 1 aliphatic heterocycles. The van der Waals surface area contributed by atoms with E-state index in [4.69, 9.17) is 5.73 Å². The van der Waals surface area contributed by atoms with Gasteiger partial charge in [-0.15, -0.1) is 0 Å². The van der Waals surface area contributed by atoms with E-state index in [1.807, 2.05) is 6.07 Å². The van der Waals surface area contributed by atoms with Crippen LogP contribution in [0.5, 0.6) is 0 Å². The van der Waals surface area contributed by atoms with Crippen LogP contribution in [0.25, 0.3) is 10.9 Å². The number of aromatic nitrogens is 1. The van der Waals surface area contributed by atoms with E-state index >= 15 is 0 Å². The minimum atomic E-state index is -0.417. The lowest BCUT2D eigenvalue weighted by molar-refractivity contribution is 0.171. The normalized spacial score (nSPS) is 16.4. The largest absolute Gasteiger partial charge is 0.388 e. The van der Waals surface area contributed by atoms with E-state index in [0.29, 0.717) is 13.0 Å². The molecule has 0 saturated heterocycles. The number of rotatable bonds is 3. The van der Waals surface area contributed by atoms with Crippen molar-refractivity contribution in [2.45, 2.75) is 31.9 Å². The van der Waals surface area contributed by atoms with Crippen LogP contribution in [0.3, 0.4) is 0 Å². The first-order valence-electron chi connectivity index (χ1n) is 6.31. The van der Waals surface area contributed by atoms with Gasteiger partial charge >= 0.3 is 0 Å². The Kier molecular flexibility index (Phi) is 2.65. The van der Waals surface area contributed by atoms with Crippen LogP contribution < -0.4 is 5.73 Å². The van der Waals surface area contributed by atoms with Crippen LogP contribution in [0.4, 0.5) is 0 Å². The number of aliphatic hydroxyl groups is 1. The molecule has 1 aromatic carbocycles. The smallest absolute Gasteiger partial charge is 0.0825 e. The molecule has 0 radical (unpaired) electrons. The van der Waals surface area contributed by atoms with Crippen molar-refractivity contribution in [3.05, 3.63) is 35.5 Å². The highest BCUT2D eigenvalue weighted by atomic mass is 16.3. The van der Waals surface area contributed by atoms with Gasteiger partial charge in [0.05, 0.1) is 6.10 Å². The van der Waals surface area contributed by atoms with E-state index in [2.05, 4.69) is 22.8 Å². The zero-order valence-electron chi connectivity index (χ0n) is 9.89. The number of nitrogens with two attached hydrogens (primary N) is 1. The van der Waals surface area contributed by atoms with Crippen molar-refractivity contribution in [3.63, 3.8) is 0 Å². The third-order valence-corrected chi connectivity index (χ3v) is 3.69. The highest BCUT2D eigenvalue weighted by molar-refractivity contribution is 5.86. The van der Waals surface area contributed by atoms with Crippen molar-refractivity contribution in [1.82, 2.24) is 4.57 Å². The summed E-state index contributed by atoms with van der Waals surface area (Å²) in [6.07, 6.45) is 2.48. The molecular formula is C14H18N2O. The number of hydrogen-bond donors (Lipinski definition) is 2. The second-order valence-corrected chi connectivity index (χ2v) is 4.73. The summed E-state index contributed by atoms with van der Waals surface area (Å²) in [4.78, 5) is 0. The topological polar surface area (TPSA) is 51.2 Å². The summed E-state index contributed by atoms with van der Waals surface area (Å²) in [5, 5.41) is 11.5. The fourth-order valence-electron chi connectivity index (χ4n) is 2.99. The van der Waals surface area contributed by atoms with Gasteiger partial charge < -0.3 is 15.4 Å². The zero-order chi connectivity index (χ0) is 11.8. The Morgan fingerprint density at radius 3 is 3.00 bits per heavy atom. The number of aryl methyl sites for hydroxylation is 1.